The number of nitrogens with zero attached hydrogens (tertiary/aromatic N) is 2. The zero-order valence-electron chi connectivity index (χ0n) is 11.4. The summed E-state index contributed by atoms with van der Waals surface area (Å²) in [4.78, 5) is 4.65. The van der Waals surface area contributed by atoms with Gasteiger partial charge in [0.25, 0.3) is 0 Å². The van der Waals surface area contributed by atoms with E-state index >= 15 is 0 Å². The molecule has 1 atom stereocenters. The maximum atomic E-state index is 5.45. The highest BCUT2D eigenvalue weighted by molar-refractivity contribution is 5.03. The minimum absolute atomic E-state index is 0.436. The van der Waals surface area contributed by atoms with Crippen molar-refractivity contribution in [2.75, 3.05) is 13.1 Å². The van der Waals surface area contributed by atoms with E-state index in [0.717, 1.165) is 31.2 Å². The van der Waals surface area contributed by atoms with Crippen molar-refractivity contribution < 1.29 is 4.52 Å². The molecule has 1 aliphatic heterocycles. The van der Waals surface area contributed by atoms with Crippen molar-refractivity contribution >= 4 is 0 Å². The van der Waals surface area contributed by atoms with Gasteiger partial charge in [-0.2, -0.15) is 4.98 Å². The standard InChI is InChI=1S/C14H23N3O/c1-14(2)6-3-10(4-7-14)12-16-13(18-17-12)11-5-8-15-9-11/h10-11,15H,3-9H2,1-2H3. The van der Waals surface area contributed by atoms with Crippen LogP contribution in [0.2, 0.25) is 0 Å². The molecule has 0 radical (unpaired) electrons. The van der Waals surface area contributed by atoms with Crippen molar-refractivity contribution in [2.24, 2.45) is 5.41 Å². The van der Waals surface area contributed by atoms with Crippen molar-refractivity contribution in [3.63, 3.8) is 0 Å². The predicted octanol–water partition coefficient (Wildman–Crippen LogP) is 2.83. The van der Waals surface area contributed by atoms with Crippen LogP contribution in [0.25, 0.3) is 0 Å². The fraction of sp³-hybridized carbons (Fsp3) is 0.857. The molecule has 1 unspecified atom stereocenters. The lowest BCUT2D eigenvalue weighted by Gasteiger charge is -2.32. The van der Waals surface area contributed by atoms with Gasteiger partial charge in [0, 0.05) is 12.5 Å². The monoisotopic (exact) mass is 249 g/mol. The summed E-state index contributed by atoms with van der Waals surface area (Å²) in [6, 6.07) is 0. The van der Waals surface area contributed by atoms with E-state index in [0.29, 0.717) is 17.3 Å². The van der Waals surface area contributed by atoms with Gasteiger partial charge in [-0.3, -0.25) is 0 Å². The Bertz CT molecular complexity index is 397. The molecule has 4 nitrogen and oxygen atoms in total. The molecule has 0 bridgehead atoms. The van der Waals surface area contributed by atoms with Crippen LogP contribution in [-0.2, 0) is 0 Å². The summed E-state index contributed by atoms with van der Waals surface area (Å²) in [7, 11) is 0. The second-order valence-corrected chi connectivity index (χ2v) is 6.62. The maximum absolute atomic E-state index is 5.45. The minimum atomic E-state index is 0.436. The average Bonchev–Trinajstić information content (AvgIpc) is 2.99. The highest BCUT2D eigenvalue weighted by Crippen LogP contribution is 2.41. The lowest BCUT2D eigenvalue weighted by molar-refractivity contribution is 0.218. The fourth-order valence-corrected chi connectivity index (χ4v) is 3.10. The van der Waals surface area contributed by atoms with E-state index in [4.69, 9.17) is 4.52 Å². The number of hydrogen-bond donors (Lipinski definition) is 1. The number of nitrogens with one attached hydrogen (secondary N) is 1. The van der Waals surface area contributed by atoms with Gasteiger partial charge >= 0.3 is 0 Å². The van der Waals surface area contributed by atoms with E-state index in [2.05, 4.69) is 29.3 Å². The highest BCUT2D eigenvalue weighted by Gasteiger charge is 2.31. The van der Waals surface area contributed by atoms with Crippen LogP contribution in [0.3, 0.4) is 0 Å². The van der Waals surface area contributed by atoms with Crippen molar-refractivity contribution in [3.8, 4) is 0 Å². The van der Waals surface area contributed by atoms with Crippen LogP contribution in [0, 0.1) is 5.41 Å². The fourth-order valence-electron chi connectivity index (χ4n) is 3.10. The molecule has 1 aromatic rings. The van der Waals surface area contributed by atoms with E-state index < -0.39 is 0 Å². The van der Waals surface area contributed by atoms with Gasteiger partial charge in [-0.1, -0.05) is 19.0 Å². The Hall–Kier alpha value is -0.900. The quantitative estimate of drug-likeness (QED) is 0.875. The maximum Gasteiger partial charge on any atom is 0.231 e. The van der Waals surface area contributed by atoms with Gasteiger partial charge < -0.3 is 9.84 Å². The van der Waals surface area contributed by atoms with Gasteiger partial charge in [0.1, 0.15) is 0 Å². The van der Waals surface area contributed by atoms with Gasteiger partial charge in [0.15, 0.2) is 5.82 Å². The first kappa shape index (κ1) is 12.2. The number of rotatable bonds is 2. The Morgan fingerprint density at radius 1 is 1.17 bits per heavy atom. The largest absolute Gasteiger partial charge is 0.339 e. The lowest BCUT2D eigenvalue weighted by Crippen LogP contribution is -2.20. The molecule has 1 N–H and O–H groups in total. The summed E-state index contributed by atoms with van der Waals surface area (Å²) in [5, 5.41) is 7.56. The molecule has 2 heterocycles. The lowest BCUT2D eigenvalue weighted by atomic mass is 9.73. The Kier molecular flexibility index (Phi) is 3.14. The van der Waals surface area contributed by atoms with E-state index in [1.807, 2.05) is 0 Å². The van der Waals surface area contributed by atoms with Crippen molar-refractivity contribution in [1.29, 1.82) is 0 Å². The van der Waals surface area contributed by atoms with E-state index in [1.54, 1.807) is 0 Å². The summed E-state index contributed by atoms with van der Waals surface area (Å²) < 4.78 is 5.45. The SMILES string of the molecule is CC1(C)CCC(c2noc(C3CCNC3)n2)CC1. The molecule has 0 aromatic carbocycles. The molecule has 1 saturated carbocycles. The van der Waals surface area contributed by atoms with Crippen LogP contribution >= 0.6 is 0 Å². The molecule has 1 aromatic heterocycles. The van der Waals surface area contributed by atoms with E-state index in [1.165, 1.54) is 25.7 Å². The van der Waals surface area contributed by atoms with Crippen LogP contribution in [0.1, 0.15) is 69.5 Å². The van der Waals surface area contributed by atoms with E-state index in [-0.39, 0.29) is 0 Å². The predicted molar refractivity (Wildman–Crippen MR) is 69.5 cm³/mol. The Balaban J connectivity index is 1.66. The van der Waals surface area contributed by atoms with Crippen LogP contribution in [0.5, 0.6) is 0 Å². The molecule has 2 aliphatic rings. The molecule has 1 aliphatic carbocycles. The average molecular weight is 249 g/mol. The number of aromatic nitrogens is 2. The Labute approximate surface area is 109 Å². The Morgan fingerprint density at radius 2 is 1.94 bits per heavy atom. The minimum Gasteiger partial charge on any atom is -0.339 e. The third kappa shape index (κ3) is 2.44. The smallest absolute Gasteiger partial charge is 0.231 e. The van der Waals surface area contributed by atoms with Gasteiger partial charge in [0.05, 0.1) is 5.92 Å². The Morgan fingerprint density at radius 3 is 2.61 bits per heavy atom. The first-order chi connectivity index (χ1) is 8.64. The molecule has 0 spiro atoms. The van der Waals surface area contributed by atoms with Crippen LogP contribution in [0.4, 0.5) is 0 Å². The van der Waals surface area contributed by atoms with Crippen LogP contribution in [0.15, 0.2) is 4.52 Å². The van der Waals surface area contributed by atoms with Crippen LogP contribution < -0.4 is 5.32 Å². The summed E-state index contributed by atoms with van der Waals surface area (Å²) in [6.45, 7) is 6.77. The van der Waals surface area contributed by atoms with Gasteiger partial charge in [-0.05, 0) is 44.1 Å². The molecule has 2 fully saturated rings. The molecule has 3 rings (SSSR count). The zero-order chi connectivity index (χ0) is 12.6. The van der Waals surface area contributed by atoms with E-state index in [9.17, 15) is 0 Å². The second kappa shape index (κ2) is 4.65. The zero-order valence-corrected chi connectivity index (χ0v) is 11.4. The molecule has 0 amide bonds. The van der Waals surface area contributed by atoms with Crippen molar-refractivity contribution in [1.82, 2.24) is 15.5 Å². The summed E-state index contributed by atoms with van der Waals surface area (Å²) in [5.41, 5.74) is 0.498. The first-order valence-corrected chi connectivity index (χ1v) is 7.18. The highest BCUT2D eigenvalue weighted by atomic mass is 16.5. The van der Waals surface area contributed by atoms with Gasteiger partial charge in [0.2, 0.25) is 5.89 Å². The molecule has 4 heteroatoms. The first-order valence-electron chi connectivity index (χ1n) is 7.18. The molecule has 1 saturated heterocycles. The summed E-state index contributed by atoms with van der Waals surface area (Å²) in [5.74, 6) is 2.75. The van der Waals surface area contributed by atoms with Crippen molar-refractivity contribution in [2.45, 2.75) is 57.8 Å². The van der Waals surface area contributed by atoms with Gasteiger partial charge in [-0.15, -0.1) is 0 Å². The van der Waals surface area contributed by atoms with Crippen molar-refractivity contribution in [3.05, 3.63) is 11.7 Å². The van der Waals surface area contributed by atoms with Gasteiger partial charge in [-0.25, -0.2) is 0 Å². The second-order valence-electron chi connectivity index (χ2n) is 6.62. The molecular weight excluding hydrogens is 226 g/mol. The summed E-state index contributed by atoms with van der Waals surface area (Å²) >= 11 is 0. The summed E-state index contributed by atoms with van der Waals surface area (Å²) in [6.07, 6.45) is 6.07. The van der Waals surface area contributed by atoms with Crippen LogP contribution in [-0.4, -0.2) is 23.2 Å². The number of hydrogen-bond acceptors (Lipinski definition) is 4. The topological polar surface area (TPSA) is 51.0 Å². The third-order valence-electron chi connectivity index (χ3n) is 4.57. The molecule has 18 heavy (non-hydrogen) atoms. The normalized spacial score (nSPS) is 28.7. The molecular formula is C14H23N3O. The molecule has 100 valence electrons. The third-order valence-corrected chi connectivity index (χ3v) is 4.57.